The van der Waals surface area contributed by atoms with Gasteiger partial charge in [0.15, 0.2) is 0 Å². The summed E-state index contributed by atoms with van der Waals surface area (Å²) in [6.45, 7) is 9.98. The van der Waals surface area contributed by atoms with Crippen LogP contribution in [0.2, 0.25) is 0 Å². The number of benzene rings is 1. The fraction of sp³-hybridized carbons (Fsp3) is 0.591. The molecule has 164 valence electrons. The second kappa shape index (κ2) is 11.1. The van der Waals surface area contributed by atoms with E-state index < -0.39 is 0 Å². The van der Waals surface area contributed by atoms with Gasteiger partial charge in [-0.1, -0.05) is 6.92 Å². The number of likely N-dealkylation sites (N-methyl/N-ethyl adjacent to an activating group) is 1. The summed E-state index contributed by atoms with van der Waals surface area (Å²) in [4.78, 5) is 42.6. The molecule has 1 aromatic rings. The van der Waals surface area contributed by atoms with Crippen molar-refractivity contribution >= 4 is 23.4 Å². The lowest BCUT2D eigenvalue weighted by atomic mass is 10.2. The van der Waals surface area contributed by atoms with Gasteiger partial charge in [0.25, 0.3) is 5.91 Å². The summed E-state index contributed by atoms with van der Waals surface area (Å²) in [5, 5.41) is 5.52. The second-order valence-corrected chi connectivity index (χ2v) is 7.86. The molecule has 0 unspecified atom stereocenters. The molecule has 0 radical (unpaired) electrons. The van der Waals surface area contributed by atoms with Crippen LogP contribution in [-0.4, -0.2) is 86.4 Å². The predicted molar refractivity (Wildman–Crippen MR) is 117 cm³/mol. The zero-order valence-electron chi connectivity index (χ0n) is 17.9. The molecule has 2 heterocycles. The minimum Gasteiger partial charge on any atom is -0.355 e. The van der Waals surface area contributed by atoms with Crippen LogP contribution < -0.4 is 15.5 Å². The number of anilines is 1. The average Bonchev–Trinajstić information content (AvgIpc) is 3.21. The molecule has 30 heavy (non-hydrogen) atoms. The third kappa shape index (κ3) is 6.27. The van der Waals surface area contributed by atoms with Crippen LogP contribution >= 0.6 is 0 Å². The van der Waals surface area contributed by atoms with Gasteiger partial charge in [-0.3, -0.25) is 14.4 Å². The van der Waals surface area contributed by atoms with Gasteiger partial charge in [0.05, 0.1) is 6.54 Å². The molecule has 2 fully saturated rings. The van der Waals surface area contributed by atoms with Crippen LogP contribution in [0.4, 0.5) is 5.69 Å². The monoisotopic (exact) mass is 415 g/mol. The van der Waals surface area contributed by atoms with Gasteiger partial charge in [-0.15, -0.1) is 0 Å². The first-order chi connectivity index (χ1) is 14.6. The summed E-state index contributed by atoms with van der Waals surface area (Å²) < 4.78 is 0. The third-order valence-electron chi connectivity index (χ3n) is 5.81. The Bertz CT molecular complexity index is 729. The molecule has 2 saturated heterocycles. The van der Waals surface area contributed by atoms with Crippen molar-refractivity contribution in [1.82, 2.24) is 20.4 Å². The van der Waals surface area contributed by atoms with Crippen LogP contribution in [-0.2, 0) is 9.59 Å². The summed E-state index contributed by atoms with van der Waals surface area (Å²) >= 11 is 0. The van der Waals surface area contributed by atoms with E-state index >= 15 is 0 Å². The topological polar surface area (TPSA) is 85.0 Å². The standard InChI is InChI=1S/C22H33N5O3/c1-2-25-13-15-26(16-14-25)11-4-10-23-20(28)17-24-22(30)18-6-8-19(9-7-18)27-12-3-5-21(27)29/h6-9H,2-5,10-17H2,1H3,(H,23,28)(H,24,30). The van der Waals surface area contributed by atoms with E-state index in [1.54, 1.807) is 29.2 Å². The van der Waals surface area contributed by atoms with Crippen molar-refractivity contribution in [3.63, 3.8) is 0 Å². The molecule has 0 atom stereocenters. The highest BCUT2D eigenvalue weighted by Crippen LogP contribution is 2.21. The van der Waals surface area contributed by atoms with E-state index in [-0.39, 0.29) is 24.3 Å². The van der Waals surface area contributed by atoms with Crippen LogP contribution in [0.1, 0.15) is 36.5 Å². The molecule has 1 aromatic carbocycles. The number of carbonyl (C=O) groups is 3. The van der Waals surface area contributed by atoms with E-state index in [9.17, 15) is 14.4 Å². The highest BCUT2D eigenvalue weighted by Gasteiger charge is 2.21. The first-order valence-corrected chi connectivity index (χ1v) is 11.0. The molecule has 0 aliphatic carbocycles. The van der Waals surface area contributed by atoms with Gasteiger partial charge >= 0.3 is 0 Å². The lowest BCUT2D eigenvalue weighted by molar-refractivity contribution is -0.120. The molecular weight excluding hydrogens is 382 g/mol. The second-order valence-electron chi connectivity index (χ2n) is 7.86. The van der Waals surface area contributed by atoms with Gasteiger partial charge in [0.1, 0.15) is 0 Å². The number of nitrogens with zero attached hydrogens (tertiary/aromatic N) is 3. The Balaban J connectivity index is 1.30. The molecule has 3 amide bonds. The largest absolute Gasteiger partial charge is 0.355 e. The molecule has 8 heteroatoms. The number of amides is 3. The highest BCUT2D eigenvalue weighted by molar-refractivity contribution is 5.98. The van der Waals surface area contributed by atoms with Gasteiger partial charge in [0, 0.05) is 56.9 Å². The van der Waals surface area contributed by atoms with Gasteiger partial charge in [-0.05, 0) is 50.2 Å². The smallest absolute Gasteiger partial charge is 0.251 e. The minimum absolute atomic E-state index is 0.0413. The Hall–Kier alpha value is -2.45. The molecule has 0 aromatic heterocycles. The molecule has 8 nitrogen and oxygen atoms in total. The normalized spacial score (nSPS) is 17.9. The maximum atomic E-state index is 12.3. The Morgan fingerprint density at radius 1 is 0.967 bits per heavy atom. The van der Waals surface area contributed by atoms with Crippen molar-refractivity contribution in [3.8, 4) is 0 Å². The average molecular weight is 416 g/mol. The molecule has 0 saturated carbocycles. The van der Waals surface area contributed by atoms with Crippen LogP contribution in [0, 0.1) is 0 Å². The molecule has 2 N–H and O–H groups in total. The van der Waals surface area contributed by atoms with Crippen molar-refractivity contribution in [2.75, 3.05) is 63.8 Å². The molecule has 0 spiro atoms. The predicted octanol–water partition coefficient (Wildman–Crippen LogP) is 0.687. The zero-order chi connectivity index (χ0) is 21.3. The fourth-order valence-electron chi connectivity index (χ4n) is 3.90. The van der Waals surface area contributed by atoms with Gasteiger partial charge in [-0.25, -0.2) is 0 Å². The van der Waals surface area contributed by atoms with E-state index in [1.165, 1.54) is 0 Å². The molecular formula is C22H33N5O3. The van der Waals surface area contributed by atoms with Crippen molar-refractivity contribution in [2.24, 2.45) is 0 Å². The molecule has 0 bridgehead atoms. The van der Waals surface area contributed by atoms with Gasteiger partial charge in [-0.2, -0.15) is 0 Å². The Kier molecular flexibility index (Phi) is 8.21. The molecule has 2 aliphatic rings. The van der Waals surface area contributed by atoms with Crippen molar-refractivity contribution in [2.45, 2.75) is 26.2 Å². The van der Waals surface area contributed by atoms with E-state index in [1.807, 2.05) is 0 Å². The molecule has 3 rings (SSSR count). The summed E-state index contributed by atoms with van der Waals surface area (Å²) in [6.07, 6.45) is 2.35. The summed E-state index contributed by atoms with van der Waals surface area (Å²) in [5.74, 6) is -0.358. The maximum absolute atomic E-state index is 12.3. The summed E-state index contributed by atoms with van der Waals surface area (Å²) in [6, 6.07) is 6.93. The van der Waals surface area contributed by atoms with E-state index in [2.05, 4.69) is 27.4 Å². The summed E-state index contributed by atoms with van der Waals surface area (Å²) in [5.41, 5.74) is 1.28. The number of hydrogen-bond acceptors (Lipinski definition) is 5. The maximum Gasteiger partial charge on any atom is 0.251 e. The Labute approximate surface area is 178 Å². The lowest BCUT2D eigenvalue weighted by Crippen LogP contribution is -2.46. The van der Waals surface area contributed by atoms with Crippen LogP contribution in [0.15, 0.2) is 24.3 Å². The number of hydrogen-bond donors (Lipinski definition) is 2. The SMILES string of the molecule is CCN1CCN(CCCNC(=O)CNC(=O)c2ccc(N3CCCC3=O)cc2)CC1. The number of piperazine rings is 1. The first kappa shape index (κ1) is 22.2. The minimum atomic E-state index is -0.293. The number of carbonyl (C=O) groups excluding carboxylic acids is 3. The van der Waals surface area contributed by atoms with Gasteiger partial charge < -0.3 is 25.3 Å². The lowest BCUT2D eigenvalue weighted by Gasteiger charge is -2.33. The fourth-order valence-corrected chi connectivity index (χ4v) is 3.90. The highest BCUT2D eigenvalue weighted by atomic mass is 16.2. The quantitative estimate of drug-likeness (QED) is 0.580. The third-order valence-corrected chi connectivity index (χ3v) is 5.81. The first-order valence-electron chi connectivity index (χ1n) is 11.0. The van der Waals surface area contributed by atoms with E-state index in [4.69, 9.17) is 0 Å². The van der Waals surface area contributed by atoms with E-state index in [0.29, 0.717) is 18.5 Å². The van der Waals surface area contributed by atoms with Crippen LogP contribution in [0.3, 0.4) is 0 Å². The van der Waals surface area contributed by atoms with Crippen molar-refractivity contribution in [3.05, 3.63) is 29.8 Å². The summed E-state index contributed by atoms with van der Waals surface area (Å²) in [7, 11) is 0. The van der Waals surface area contributed by atoms with Crippen LogP contribution in [0.25, 0.3) is 0 Å². The number of nitrogens with one attached hydrogen (secondary N) is 2. The number of rotatable bonds is 9. The molecule has 2 aliphatic heterocycles. The van der Waals surface area contributed by atoms with Gasteiger partial charge in [0.2, 0.25) is 11.8 Å². The Morgan fingerprint density at radius 3 is 2.30 bits per heavy atom. The van der Waals surface area contributed by atoms with Crippen LogP contribution in [0.5, 0.6) is 0 Å². The van der Waals surface area contributed by atoms with Crippen molar-refractivity contribution < 1.29 is 14.4 Å². The Morgan fingerprint density at radius 2 is 1.67 bits per heavy atom. The zero-order valence-corrected chi connectivity index (χ0v) is 17.9. The van der Waals surface area contributed by atoms with E-state index in [0.717, 1.165) is 64.3 Å². The van der Waals surface area contributed by atoms with Crippen molar-refractivity contribution in [1.29, 1.82) is 0 Å².